The van der Waals surface area contributed by atoms with Crippen LogP contribution in [-0.2, 0) is 0 Å². The highest BCUT2D eigenvalue weighted by atomic mass is 16.6. The summed E-state index contributed by atoms with van der Waals surface area (Å²) in [4.78, 5) is 24.7. The van der Waals surface area contributed by atoms with Gasteiger partial charge in [-0.3, -0.25) is 14.9 Å². The number of benzene rings is 1. The minimum Gasteiger partial charge on any atom is -0.395 e. The van der Waals surface area contributed by atoms with E-state index in [9.17, 15) is 20.0 Å². The number of aliphatic hydroxyl groups is 1. The number of nitro groups is 1. The summed E-state index contributed by atoms with van der Waals surface area (Å²) in [6.45, 7) is 3.17. The van der Waals surface area contributed by atoms with Crippen LogP contribution in [0, 0.1) is 33.8 Å². The average molecular weight is 332 g/mol. The maximum atomic E-state index is 12.8. The lowest BCUT2D eigenvalue weighted by atomic mass is 9.80. The van der Waals surface area contributed by atoms with Crippen molar-refractivity contribution in [2.75, 3.05) is 19.7 Å². The number of non-ortho nitro benzene ring substituents is 1. The number of carbonyl (C=O) groups excluding carboxylic acids is 1. The van der Waals surface area contributed by atoms with Gasteiger partial charge in [-0.1, -0.05) is 6.92 Å². The summed E-state index contributed by atoms with van der Waals surface area (Å²) in [5.41, 5.74) is 0.409. The number of rotatable bonds is 6. The van der Waals surface area contributed by atoms with E-state index >= 15 is 0 Å². The van der Waals surface area contributed by atoms with Crippen molar-refractivity contribution in [1.29, 1.82) is 0 Å². The Hall–Kier alpha value is -1.95. The third kappa shape index (κ3) is 3.15. The van der Waals surface area contributed by atoms with Crippen LogP contribution >= 0.6 is 0 Å². The molecule has 1 amide bonds. The normalized spacial score (nSPS) is 28.1. The van der Waals surface area contributed by atoms with Gasteiger partial charge >= 0.3 is 0 Å². The van der Waals surface area contributed by atoms with E-state index in [1.165, 1.54) is 43.5 Å². The highest BCUT2D eigenvalue weighted by Gasteiger charge is 2.45. The predicted octanol–water partition coefficient (Wildman–Crippen LogP) is 2.71. The number of carbonyl (C=O) groups is 1. The maximum Gasteiger partial charge on any atom is 0.269 e. The van der Waals surface area contributed by atoms with E-state index in [2.05, 4.69) is 6.92 Å². The number of nitrogens with zero attached hydrogens (tertiary/aromatic N) is 2. The summed E-state index contributed by atoms with van der Waals surface area (Å²) in [5.74, 6) is 2.43. The minimum absolute atomic E-state index is 0.0259. The molecule has 2 aliphatic rings. The lowest BCUT2D eigenvalue weighted by Crippen LogP contribution is -2.40. The molecule has 2 fully saturated rings. The fourth-order valence-corrected chi connectivity index (χ4v) is 4.57. The largest absolute Gasteiger partial charge is 0.395 e. The second-order valence-corrected chi connectivity index (χ2v) is 7.13. The molecule has 1 aromatic carbocycles. The molecule has 2 saturated carbocycles. The quantitative estimate of drug-likeness (QED) is 0.641. The molecule has 0 saturated heterocycles. The molecule has 0 radical (unpaired) electrons. The predicted molar refractivity (Wildman–Crippen MR) is 89.6 cm³/mol. The van der Waals surface area contributed by atoms with E-state index in [0.717, 1.165) is 5.92 Å². The van der Waals surface area contributed by atoms with Gasteiger partial charge in [-0.2, -0.15) is 0 Å². The lowest BCUT2D eigenvalue weighted by Gasteiger charge is -2.33. The van der Waals surface area contributed by atoms with Gasteiger partial charge in [0.2, 0.25) is 0 Å². The van der Waals surface area contributed by atoms with Crippen molar-refractivity contribution in [3.8, 4) is 0 Å². The van der Waals surface area contributed by atoms with Crippen molar-refractivity contribution < 1.29 is 14.8 Å². The van der Waals surface area contributed by atoms with E-state index in [4.69, 9.17) is 0 Å². The molecule has 2 aliphatic carbocycles. The molecule has 0 heterocycles. The van der Waals surface area contributed by atoms with Gasteiger partial charge in [0.15, 0.2) is 0 Å². The Morgan fingerprint density at radius 3 is 2.50 bits per heavy atom. The van der Waals surface area contributed by atoms with Crippen molar-refractivity contribution in [3.63, 3.8) is 0 Å². The van der Waals surface area contributed by atoms with Crippen LogP contribution in [0.4, 0.5) is 5.69 Å². The number of amides is 1. The number of nitro benzene ring substituents is 1. The molecule has 1 aromatic rings. The maximum absolute atomic E-state index is 12.8. The first kappa shape index (κ1) is 16.9. The average Bonchev–Trinajstić information content (AvgIpc) is 3.16. The molecular weight excluding hydrogens is 308 g/mol. The fourth-order valence-electron chi connectivity index (χ4n) is 4.57. The smallest absolute Gasteiger partial charge is 0.269 e. The van der Waals surface area contributed by atoms with E-state index in [1.54, 1.807) is 4.90 Å². The van der Waals surface area contributed by atoms with Crippen molar-refractivity contribution in [3.05, 3.63) is 39.9 Å². The van der Waals surface area contributed by atoms with E-state index in [1.807, 2.05) is 0 Å². The van der Waals surface area contributed by atoms with Crippen molar-refractivity contribution in [2.45, 2.75) is 26.2 Å². The lowest BCUT2D eigenvalue weighted by molar-refractivity contribution is -0.384. The molecule has 2 bridgehead atoms. The monoisotopic (exact) mass is 332 g/mol. The Morgan fingerprint density at radius 1 is 1.29 bits per heavy atom. The molecule has 0 aliphatic heterocycles. The SMILES string of the molecule is CC1C2CCC(C2)C1CN(CCO)C(=O)c1ccc([N+](=O)[O-])cc1. The molecular formula is C18H24N2O4. The van der Waals surface area contributed by atoms with Crippen molar-refractivity contribution in [1.82, 2.24) is 4.90 Å². The van der Waals surface area contributed by atoms with Gasteiger partial charge in [-0.15, -0.1) is 0 Å². The molecule has 6 nitrogen and oxygen atoms in total. The van der Waals surface area contributed by atoms with Crippen LogP contribution in [0.2, 0.25) is 0 Å². The number of hydrogen-bond donors (Lipinski definition) is 1. The van der Waals surface area contributed by atoms with Gasteiger partial charge in [-0.05, 0) is 55.1 Å². The Morgan fingerprint density at radius 2 is 1.96 bits per heavy atom. The standard InChI is InChI=1S/C18H24N2O4/c1-12-14-2-3-15(10-14)17(12)11-19(8-9-21)18(22)13-4-6-16(7-5-13)20(23)24/h4-7,12,14-15,17,21H,2-3,8-11H2,1H3. The third-order valence-electron chi connectivity index (χ3n) is 5.95. The van der Waals surface area contributed by atoms with Crippen LogP contribution in [0.25, 0.3) is 0 Å². The van der Waals surface area contributed by atoms with Gasteiger partial charge < -0.3 is 10.0 Å². The van der Waals surface area contributed by atoms with E-state index in [-0.39, 0.29) is 18.2 Å². The molecule has 4 unspecified atom stereocenters. The second-order valence-electron chi connectivity index (χ2n) is 7.13. The molecule has 3 rings (SSSR count). The molecule has 0 spiro atoms. The third-order valence-corrected chi connectivity index (χ3v) is 5.95. The Bertz CT molecular complexity index is 614. The number of fused-ring (bicyclic) bond motifs is 2. The zero-order valence-corrected chi connectivity index (χ0v) is 13.9. The summed E-state index contributed by atoms with van der Waals surface area (Å²) in [5, 5.41) is 20.1. The minimum atomic E-state index is -0.476. The first-order valence-corrected chi connectivity index (χ1v) is 8.66. The summed E-state index contributed by atoms with van der Waals surface area (Å²) < 4.78 is 0. The highest BCUT2D eigenvalue weighted by molar-refractivity contribution is 5.94. The zero-order chi connectivity index (χ0) is 17.3. The van der Waals surface area contributed by atoms with Crippen LogP contribution < -0.4 is 0 Å². The molecule has 24 heavy (non-hydrogen) atoms. The molecule has 4 atom stereocenters. The number of hydrogen-bond acceptors (Lipinski definition) is 4. The van der Waals surface area contributed by atoms with Crippen LogP contribution in [0.3, 0.4) is 0 Å². The van der Waals surface area contributed by atoms with Gasteiger partial charge in [0.25, 0.3) is 11.6 Å². The van der Waals surface area contributed by atoms with E-state index in [0.29, 0.717) is 36.4 Å². The zero-order valence-electron chi connectivity index (χ0n) is 13.9. The van der Waals surface area contributed by atoms with Crippen LogP contribution in [0.5, 0.6) is 0 Å². The summed E-state index contributed by atoms with van der Waals surface area (Å²) in [7, 11) is 0. The molecule has 1 N–H and O–H groups in total. The summed E-state index contributed by atoms with van der Waals surface area (Å²) >= 11 is 0. The van der Waals surface area contributed by atoms with Gasteiger partial charge in [0, 0.05) is 30.8 Å². The second kappa shape index (κ2) is 6.89. The van der Waals surface area contributed by atoms with Crippen LogP contribution in [-0.4, -0.2) is 40.5 Å². The highest BCUT2D eigenvalue weighted by Crippen LogP contribution is 2.52. The van der Waals surface area contributed by atoms with Gasteiger partial charge in [-0.25, -0.2) is 0 Å². The van der Waals surface area contributed by atoms with E-state index < -0.39 is 4.92 Å². The Balaban J connectivity index is 1.72. The Kier molecular flexibility index (Phi) is 4.85. The first-order valence-electron chi connectivity index (χ1n) is 8.66. The molecule has 0 aromatic heterocycles. The molecule has 130 valence electrons. The Labute approximate surface area is 141 Å². The van der Waals surface area contributed by atoms with Crippen LogP contribution in [0.15, 0.2) is 24.3 Å². The summed E-state index contributed by atoms with van der Waals surface area (Å²) in [6, 6.07) is 5.69. The van der Waals surface area contributed by atoms with Crippen molar-refractivity contribution in [2.24, 2.45) is 23.7 Å². The first-order chi connectivity index (χ1) is 11.5. The molecule has 6 heteroatoms. The van der Waals surface area contributed by atoms with Crippen LogP contribution in [0.1, 0.15) is 36.5 Å². The number of aliphatic hydroxyl groups excluding tert-OH is 1. The summed E-state index contributed by atoms with van der Waals surface area (Å²) in [6.07, 6.45) is 3.82. The topological polar surface area (TPSA) is 83.7 Å². The fraction of sp³-hybridized carbons (Fsp3) is 0.611. The van der Waals surface area contributed by atoms with Gasteiger partial charge in [0.05, 0.1) is 11.5 Å². The van der Waals surface area contributed by atoms with Crippen molar-refractivity contribution >= 4 is 11.6 Å². The van der Waals surface area contributed by atoms with Gasteiger partial charge in [0.1, 0.15) is 0 Å².